The summed E-state index contributed by atoms with van der Waals surface area (Å²) < 4.78 is 5.52. The van der Waals surface area contributed by atoms with Crippen LogP contribution < -0.4 is 10.1 Å². The van der Waals surface area contributed by atoms with Crippen molar-refractivity contribution in [2.75, 3.05) is 7.11 Å². The number of rotatable bonds is 5. The van der Waals surface area contributed by atoms with Gasteiger partial charge >= 0.3 is 5.97 Å². The van der Waals surface area contributed by atoms with E-state index in [0.29, 0.717) is 12.2 Å². The summed E-state index contributed by atoms with van der Waals surface area (Å²) in [6.07, 6.45) is 0.551. The minimum atomic E-state index is -1.54. The second kappa shape index (κ2) is 7.83. The Morgan fingerprint density at radius 3 is 2.33 bits per heavy atom. The molecular formula is C26H32N2O5. The minimum Gasteiger partial charge on any atom is -0.496 e. The van der Waals surface area contributed by atoms with Gasteiger partial charge in [0.1, 0.15) is 11.3 Å². The Kier molecular flexibility index (Phi) is 5.52. The fourth-order valence-electron chi connectivity index (χ4n) is 5.80. The fraction of sp³-hybridized carbons (Fsp3) is 0.500. The maximum Gasteiger partial charge on any atom is 0.325 e. The molecule has 5 atom stereocenters. The molecule has 2 fully saturated rings. The molecule has 33 heavy (non-hydrogen) atoms. The monoisotopic (exact) mass is 452 g/mol. The smallest absolute Gasteiger partial charge is 0.325 e. The van der Waals surface area contributed by atoms with Crippen LogP contribution in [-0.2, 0) is 14.4 Å². The van der Waals surface area contributed by atoms with E-state index in [4.69, 9.17) is 4.74 Å². The first-order valence-electron chi connectivity index (χ1n) is 11.4. The average molecular weight is 453 g/mol. The predicted octanol–water partition coefficient (Wildman–Crippen LogP) is 3.76. The van der Waals surface area contributed by atoms with Gasteiger partial charge in [-0.1, -0.05) is 50.6 Å². The summed E-state index contributed by atoms with van der Waals surface area (Å²) in [7, 11) is 1.60. The number of carbonyl (C=O) groups is 3. The molecule has 0 bridgehead atoms. The molecule has 7 heteroatoms. The van der Waals surface area contributed by atoms with Crippen molar-refractivity contribution in [3.05, 3.63) is 42.0 Å². The van der Waals surface area contributed by atoms with Crippen molar-refractivity contribution in [1.29, 1.82) is 0 Å². The summed E-state index contributed by atoms with van der Waals surface area (Å²) >= 11 is 0. The van der Waals surface area contributed by atoms with Gasteiger partial charge in [0.05, 0.1) is 18.9 Å². The third-order valence-corrected chi connectivity index (χ3v) is 7.48. The zero-order valence-corrected chi connectivity index (χ0v) is 20.0. The number of carbonyl (C=O) groups excluding carboxylic acids is 2. The van der Waals surface area contributed by atoms with Crippen LogP contribution in [0.2, 0.25) is 0 Å². The number of carboxylic acids is 1. The molecule has 5 unspecified atom stereocenters. The van der Waals surface area contributed by atoms with Crippen molar-refractivity contribution >= 4 is 28.6 Å². The SMILES string of the molecule is CCC(C)C1(C(=O)O)NC(c2ccc(OC)c3ccccc23)C2C(=O)N(C(C)(C)C)C(=O)C21. The maximum atomic E-state index is 13.8. The maximum absolute atomic E-state index is 13.8. The topological polar surface area (TPSA) is 95.9 Å². The van der Waals surface area contributed by atoms with E-state index < -0.39 is 40.8 Å². The zero-order chi connectivity index (χ0) is 24.3. The lowest BCUT2D eigenvalue weighted by Crippen LogP contribution is -2.60. The molecular weight excluding hydrogens is 420 g/mol. The number of ether oxygens (including phenoxy) is 1. The lowest BCUT2D eigenvalue weighted by atomic mass is 9.71. The van der Waals surface area contributed by atoms with E-state index >= 15 is 0 Å². The highest BCUT2D eigenvalue weighted by atomic mass is 16.5. The van der Waals surface area contributed by atoms with Crippen LogP contribution in [0.25, 0.3) is 10.8 Å². The van der Waals surface area contributed by atoms with Gasteiger partial charge in [-0.15, -0.1) is 0 Å². The lowest BCUT2D eigenvalue weighted by molar-refractivity contribution is -0.156. The molecule has 0 saturated carbocycles. The quantitative estimate of drug-likeness (QED) is 0.671. The highest BCUT2D eigenvalue weighted by Crippen LogP contribution is 2.54. The van der Waals surface area contributed by atoms with Gasteiger partial charge < -0.3 is 9.84 Å². The fourth-order valence-corrected chi connectivity index (χ4v) is 5.80. The Balaban J connectivity index is 1.98. The Labute approximate surface area is 194 Å². The molecule has 2 saturated heterocycles. The van der Waals surface area contributed by atoms with Gasteiger partial charge in [-0.25, -0.2) is 0 Å². The van der Waals surface area contributed by atoms with Crippen molar-refractivity contribution in [1.82, 2.24) is 10.2 Å². The van der Waals surface area contributed by atoms with E-state index in [1.165, 1.54) is 4.90 Å². The summed E-state index contributed by atoms with van der Waals surface area (Å²) in [6.45, 7) is 9.16. The number of nitrogens with zero attached hydrogens (tertiary/aromatic N) is 1. The number of fused-ring (bicyclic) bond motifs is 2. The van der Waals surface area contributed by atoms with Gasteiger partial charge in [0.15, 0.2) is 0 Å². The molecule has 2 aliphatic heterocycles. The van der Waals surface area contributed by atoms with Crippen LogP contribution >= 0.6 is 0 Å². The second-order valence-corrected chi connectivity index (χ2v) is 10.2. The van der Waals surface area contributed by atoms with Crippen LogP contribution in [0.4, 0.5) is 0 Å². The lowest BCUT2D eigenvalue weighted by Gasteiger charge is -2.38. The Morgan fingerprint density at radius 2 is 1.79 bits per heavy atom. The second-order valence-electron chi connectivity index (χ2n) is 10.2. The van der Waals surface area contributed by atoms with Crippen LogP contribution in [0.1, 0.15) is 52.6 Å². The van der Waals surface area contributed by atoms with Crippen molar-refractivity contribution < 1.29 is 24.2 Å². The Morgan fingerprint density at radius 1 is 1.15 bits per heavy atom. The van der Waals surface area contributed by atoms with E-state index in [-0.39, 0.29) is 11.8 Å². The first-order valence-corrected chi connectivity index (χ1v) is 11.4. The van der Waals surface area contributed by atoms with E-state index in [2.05, 4.69) is 5.32 Å². The van der Waals surface area contributed by atoms with Gasteiger partial charge in [-0.3, -0.25) is 24.6 Å². The van der Waals surface area contributed by atoms with E-state index in [1.54, 1.807) is 27.9 Å². The minimum absolute atomic E-state index is 0.318. The number of methoxy groups -OCH3 is 1. The Bertz CT molecular complexity index is 1140. The van der Waals surface area contributed by atoms with Crippen LogP contribution in [0.3, 0.4) is 0 Å². The number of aliphatic carboxylic acids is 1. The van der Waals surface area contributed by atoms with Crippen molar-refractivity contribution in [2.24, 2.45) is 17.8 Å². The first-order chi connectivity index (χ1) is 15.5. The first kappa shape index (κ1) is 23.2. The van der Waals surface area contributed by atoms with Gasteiger partial charge in [-0.05, 0) is 43.7 Å². The van der Waals surface area contributed by atoms with Crippen LogP contribution in [0.5, 0.6) is 5.75 Å². The molecule has 0 aromatic heterocycles. The molecule has 2 N–H and O–H groups in total. The number of hydrogen-bond donors (Lipinski definition) is 2. The summed E-state index contributed by atoms with van der Waals surface area (Å²) in [6, 6.07) is 10.8. The molecule has 2 heterocycles. The number of benzene rings is 2. The zero-order valence-electron chi connectivity index (χ0n) is 20.0. The van der Waals surface area contributed by atoms with Gasteiger partial charge in [0.25, 0.3) is 0 Å². The van der Waals surface area contributed by atoms with Gasteiger partial charge in [0.2, 0.25) is 11.8 Å². The molecule has 0 spiro atoms. The third kappa shape index (κ3) is 3.16. The van der Waals surface area contributed by atoms with E-state index in [0.717, 1.165) is 16.3 Å². The molecule has 2 aromatic carbocycles. The van der Waals surface area contributed by atoms with Crippen molar-refractivity contribution in [3.8, 4) is 5.75 Å². The van der Waals surface area contributed by atoms with Crippen LogP contribution in [0, 0.1) is 17.8 Å². The molecule has 2 amide bonds. The van der Waals surface area contributed by atoms with Gasteiger partial charge in [0, 0.05) is 17.0 Å². The third-order valence-electron chi connectivity index (χ3n) is 7.48. The number of nitrogens with one attached hydrogen (secondary N) is 1. The normalized spacial score (nSPS) is 28.3. The molecule has 7 nitrogen and oxygen atoms in total. The number of carboxylic acid groups (broad SMARTS) is 1. The number of likely N-dealkylation sites (tertiary alicyclic amines) is 1. The number of hydrogen-bond acceptors (Lipinski definition) is 5. The number of amides is 2. The van der Waals surface area contributed by atoms with Crippen molar-refractivity contribution in [2.45, 2.75) is 58.2 Å². The average Bonchev–Trinajstić information content (AvgIpc) is 3.26. The van der Waals surface area contributed by atoms with Crippen LogP contribution in [-0.4, -0.2) is 46.0 Å². The number of imide groups is 1. The molecule has 2 aromatic rings. The molecule has 176 valence electrons. The van der Waals surface area contributed by atoms with Crippen molar-refractivity contribution in [3.63, 3.8) is 0 Å². The predicted molar refractivity (Wildman–Crippen MR) is 125 cm³/mol. The largest absolute Gasteiger partial charge is 0.496 e. The standard InChI is InChI=1S/C26H32N2O5/c1-7-14(2)26(24(31)32)20-19(22(29)28(23(20)30)25(3,4)5)21(27-26)17-12-13-18(33-6)16-11-9-8-10-15(16)17/h8-14,19-21,27H,7H2,1-6H3,(H,31,32). The molecule has 4 rings (SSSR count). The van der Waals surface area contributed by atoms with Crippen LogP contribution in [0.15, 0.2) is 36.4 Å². The summed E-state index contributed by atoms with van der Waals surface area (Å²) in [4.78, 5) is 41.6. The van der Waals surface area contributed by atoms with E-state index in [9.17, 15) is 19.5 Å². The molecule has 2 aliphatic rings. The summed E-state index contributed by atoms with van der Waals surface area (Å²) in [5, 5.41) is 15.6. The Hall–Kier alpha value is -2.93. The highest BCUT2D eigenvalue weighted by Gasteiger charge is 2.70. The van der Waals surface area contributed by atoms with E-state index in [1.807, 2.05) is 50.2 Å². The summed E-state index contributed by atoms with van der Waals surface area (Å²) in [5.41, 5.74) is -1.49. The summed E-state index contributed by atoms with van der Waals surface area (Å²) in [5.74, 6) is -3.28. The van der Waals surface area contributed by atoms with Gasteiger partial charge in [-0.2, -0.15) is 0 Å². The molecule has 0 radical (unpaired) electrons. The highest BCUT2D eigenvalue weighted by molar-refractivity contribution is 6.10. The molecule has 0 aliphatic carbocycles.